The van der Waals surface area contributed by atoms with Crippen LogP contribution in [0.5, 0.6) is 0 Å². The number of rotatable bonds is 2. The van der Waals surface area contributed by atoms with Gasteiger partial charge in [0.1, 0.15) is 0 Å². The number of hydrogen-bond donors (Lipinski definition) is 2. The third kappa shape index (κ3) is 2.63. The predicted octanol–water partition coefficient (Wildman–Crippen LogP) is 1.61. The summed E-state index contributed by atoms with van der Waals surface area (Å²) in [6, 6.07) is 0. The second-order valence-electron chi connectivity index (χ2n) is 4.78. The van der Waals surface area contributed by atoms with Gasteiger partial charge < -0.3 is 10.6 Å². The van der Waals surface area contributed by atoms with E-state index < -0.39 is 0 Å². The van der Waals surface area contributed by atoms with E-state index in [4.69, 9.17) is 0 Å². The Kier molecular flexibility index (Phi) is 3.78. The molecular weight excluding hydrogens is 174 g/mol. The largest absolute Gasteiger partial charge is 0.359 e. The Morgan fingerprint density at radius 3 is 2.64 bits per heavy atom. The number of aliphatic imine (C=N–C) groups is 1. The van der Waals surface area contributed by atoms with Crippen molar-refractivity contribution in [2.24, 2.45) is 16.3 Å². The first-order chi connectivity index (χ1) is 6.60. The average molecular weight is 197 g/mol. The fourth-order valence-electron chi connectivity index (χ4n) is 2.28. The first-order valence-corrected chi connectivity index (χ1v) is 5.48. The Balaban J connectivity index is 2.38. The predicted molar refractivity (Wildman–Crippen MR) is 61.5 cm³/mol. The van der Waals surface area contributed by atoms with Crippen LogP contribution >= 0.6 is 0 Å². The van der Waals surface area contributed by atoms with Crippen molar-refractivity contribution in [3.63, 3.8) is 0 Å². The molecule has 1 atom stereocenters. The Hall–Kier alpha value is -0.730. The normalized spacial score (nSPS) is 26.3. The standard InChI is InChI=1S/C11H23N3/c1-11(2)7-5-6-9(11)8-14-10(12-3)13-4/h9H,5-8H2,1-4H3,(H2,12,13,14). The molecule has 0 aliphatic heterocycles. The van der Waals surface area contributed by atoms with Crippen LogP contribution in [0.4, 0.5) is 0 Å². The van der Waals surface area contributed by atoms with E-state index in [1.807, 2.05) is 7.05 Å². The SMILES string of the molecule is CN=C(NC)NCC1CCCC1(C)C. The maximum atomic E-state index is 4.11. The van der Waals surface area contributed by atoms with Crippen LogP contribution in [-0.4, -0.2) is 26.6 Å². The first kappa shape index (κ1) is 11.3. The van der Waals surface area contributed by atoms with Gasteiger partial charge in [0.25, 0.3) is 0 Å². The zero-order valence-electron chi connectivity index (χ0n) is 9.85. The topological polar surface area (TPSA) is 36.4 Å². The number of hydrogen-bond acceptors (Lipinski definition) is 1. The highest BCUT2D eigenvalue weighted by molar-refractivity contribution is 5.79. The summed E-state index contributed by atoms with van der Waals surface area (Å²) >= 11 is 0. The summed E-state index contributed by atoms with van der Waals surface area (Å²) in [6.45, 7) is 5.78. The minimum absolute atomic E-state index is 0.500. The lowest BCUT2D eigenvalue weighted by Crippen LogP contribution is -2.39. The molecule has 3 heteroatoms. The van der Waals surface area contributed by atoms with E-state index in [0.717, 1.165) is 18.4 Å². The van der Waals surface area contributed by atoms with Gasteiger partial charge in [-0.25, -0.2) is 0 Å². The summed E-state index contributed by atoms with van der Waals surface area (Å²) in [5.74, 6) is 1.68. The molecule has 1 aliphatic carbocycles. The summed E-state index contributed by atoms with van der Waals surface area (Å²) in [5, 5.41) is 6.40. The van der Waals surface area contributed by atoms with Gasteiger partial charge in [0, 0.05) is 20.6 Å². The Morgan fingerprint density at radius 2 is 2.21 bits per heavy atom. The van der Waals surface area contributed by atoms with Crippen molar-refractivity contribution >= 4 is 5.96 Å². The fraction of sp³-hybridized carbons (Fsp3) is 0.909. The molecule has 3 nitrogen and oxygen atoms in total. The molecule has 0 aromatic carbocycles. The lowest BCUT2D eigenvalue weighted by Gasteiger charge is -2.27. The molecule has 0 saturated heterocycles. The lowest BCUT2D eigenvalue weighted by atomic mass is 9.82. The molecule has 0 bridgehead atoms. The average Bonchev–Trinajstić information content (AvgIpc) is 2.47. The number of nitrogens with zero attached hydrogens (tertiary/aromatic N) is 1. The molecule has 0 spiro atoms. The molecule has 1 rings (SSSR count). The number of guanidine groups is 1. The zero-order chi connectivity index (χ0) is 10.6. The van der Waals surface area contributed by atoms with Gasteiger partial charge in [-0.15, -0.1) is 0 Å². The Morgan fingerprint density at radius 1 is 1.50 bits per heavy atom. The summed E-state index contributed by atoms with van der Waals surface area (Å²) in [5.41, 5.74) is 0.500. The van der Waals surface area contributed by atoms with E-state index in [1.165, 1.54) is 19.3 Å². The van der Waals surface area contributed by atoms with Crippen molar-refractivity contribution in [3.05, 3.63) is 0 Å². The molecule has 0 aromatic rings. The zero-order valence-corrected chi connectivity index (χ0v) is 9.85. The van der Waals surface area contributed by atoms with Gasteiger partial charge in [-0.3, -0.25) is 4.99 Å². The molecule has 0 heterocycles. The molecule has 82 valence electrons. The molecule has 1 unspecified atom stereocenters. The van der Waals surface area contributed by atoms with Crippen molar-refractivity contribution in [2.75, 3.05) is 20.6 Å². The maximum Gasteiger partial charge on any atom is 0.190 e. The van der Waals surface area contributed by atoms with Crippen molar-refractivity contribution < 1.29 is 0 Å². The second kappa shape index (κ2) is 4.67. The smallest absolute Gasteiger partial charge is 0.190 e. The van der Waals surface area contributed by atoms with Crippen LogP contribution < -0.4 is 10.6 Å². The van der Waals surface area contributed by atoms with Crippen molar-refractivity contribution in [2.45, 2.75) is 33.1 Å². The minimum Gasteiger partial charge on any atom is -0.359 e. The van der Waals surface area contributed by atoms with E-state index >= 15 is 0 Å². The van der Waals surface area contributed by atoms with E-state index in [9.17, 15) is 0 Å². The fourth-order valence-corrected chi connectivity index (χ4v) is 2.28. The van der Waals surface area contributed by atoms with Crippen LogP contribution in [-0.2, 0) is 0 Å². The van der Waals surface area contributed by atoms with E-state index in [-0.39, 0.29) is 0 Å². The van der Waals surface area contributed by atoms with Crippen molar-refractivity contribution in [1.82, 2.24) is 10.6 Å². The summed E-state index contributed by atoms with van der Waals surface area (Å²) in [7, 11) is 3.70. The molecule has 1 aliphatic rings. The number of nitrogens with one attached hydrogen (secondary N) is 2. The van der Waals surface area contributed by atoms with Crippen LogP contribution in [0.25, 0.3) is 0 Å². The second-order valence-corrected chi connectivity index (χ2v) is 4.78. The van der Waals surface area contributed by atoms with Gasteiger partial charge in [-0.1, -0.05) is 20.3 Å². The minimum atomic E-state index is 0.500. The molecule has 2 N–H and O–H groups in total. The van der Waals surface area contributed by atoms with Crippen LogP contribution in [0, 0.1) is 11.3 Å². The van der Waals surface area contributed by atoms with Crippen LogP contribution in [0.3, 0.4) is 0 Å². The van der Waals surface area contributed by atoms with Crippen LogP contribution in [0.1, 0.15) is 33.1 Å². The molecule has 0 aromatic heterocycles. The highest BCUT2D eigenvalue weighted by Crippen LogP contribution is 2.41. The third-order valence-corrected chi connectivity index (χ3v) is 3.46. The molecule has 0 radical (unpaired) electrons. The van der Waals surface area contributed by atoms with Gasteiger partial charge in [0.05, 0.1) is 0 Å². The van der Waals surface area contributed by atoms with Crippen LogP contribution in [0.2, 0.25) is 0 Å². The third-order valence-electron chi connectivity index (χ3n) is 3.46. The Labute approximate surface area is 87.4 Å². The Bertz CT molecular complexity index is 209. The molecular formula is C11H23N3. The molecule has 0 amide bonds. The van der Waals surface area contributed by atoms with Gasteiger partial charge in [-0.2, -0.15) is 0 Å². The van der Waals surface area contributed by atoms with E-state index in [1.54, 1.807) is 7.05 Å². The molecule has 14 heavy (non-hydrogen) atoms. The van der Waals surface area contributed by atoms with Gasteiger partial charge >= 0.3 is 0 Å². The lowest BCUT2D eigenvalue weighted by molar-refractivity contribution is 0.260. The maximum absolute atomic E-state index is 4.11. The van der Waals surface area contributed by atoms with Gasteiger partial charge in [0.15, 0.2) is 5.96 Å². The van der Waals surface area contributed by atoms with E-state index in [0.29, 0.717) is 5.41 Å². The highest BCUT2D eigenvalue weighted by Gasteiger charge is 2.33. The van der Waals surface area contributed by atoms with Gasteiger partial charge in [0.2, 0.25) is 0 Å². The summed E-state index contributed by atoms with van der Waals surface area (Å²) in [6.07, 6.45) is 4.08. The van der Waals surface area contributed by atoms with E-state index in [2.05, 4.69) is 29.5 Å². The molecule has 1 fully saturated rings. The van der Waals surface area contributed by atoms with Crippen LogP contribution in [0.15, 0.2) is 4.99 Å². The summed E-state index contributed by atoms with van der Waals surface area (Å²) < 4.78 is 0. The van der Waals surface area contributed by atoms with Crippen molar-refractivity contribution in [1.29, 1.82) is 0 Å². The highest BCUT2D eigenvalue weighted by atomic mass is 15.1. The van der Waals surface area contributed by atoms with Crippen molar-refractivity contribution in [3.8, 4) is 0 Å². The quantitative estimate of drug-likeness (QED) is 0.521. The monoisotopic (exact) mass is 197 g/mol. The first-order valence-electron chi connectivity index (χ1n) is 5.48. The van der Waals surface area contributed by atoms with Gasteiger partial charge in [-0.05, 0) is 24.2 Å². The molecule has 1 saturated carbocycles. The summed E-state index contributed by atoms with van der Waals surface area (Å²) in [4.78, 5) is 4.11.